The summed E-state index contributed by atoms with van der Waals surface area (Å²) in [5.74, 6) is 5.89. The third-order valence-electron chi connectivity index (χ3n) is 1.43. The van der Waals surface area contributed by atoms with Crippen LogP contribution in [0.25, 0.3) is 0 Å². The molecule has 0 spiro atoms. The first-order valence-corrected chi connectivity index (χ1v) is 3.36. The van der Waals surface area contributed by atoms with Crippen LogP contribution >= 0.6 is 0 Å². The SMILES string of the molecule is [NH]NC(=O)c1cccc([N+](=O)[O-])c1. The molecule has 6 heteroatoms. The highest BCUT2D eigenvalue weighted by Crippen LogP contribution is 2.12. The summed E-state index contributed by atoms with van der Waals surface area (Å²) < 4.78 is 0. The number of non-ortho nitro benzene ring substituents is 1. The molecule has 1 radical (unpaired) electrons. The second-order valence-electron chi connectivity index (χ2n) is 2.26. The number of benzene rings is 1. The molecule has 0 aliphatic rings. The summed E-state index contributed by atoms with van der Waals surface area (Å²) >= 11 is 0. The Morgan fingerprint density at radius 2 is 2.23 bits per heavy atom. The van der Waals surface area contributed by atoms with E-state index < -0.39 is 10.8 Å². The van der Waals surface area contributed by atoms with Crippen LogP contribution in [0.4, 0.5) is 5.69 Å². The predicted octanol–water partition coefficient (Wildman–Crippen LogP) is 0.523. The number of amides is 1. The van der Waals surface area contributed by atoms with Crippen molar-refractivity contribution in [3.63, 3.8) is 0 Å². The van der Waals surface area contributed by atoms with Crippen LogP contribution in [0.15, 0.2) is 24.3 Å². The molecule has 13 heavy (non-hydrogen) atoms. The topological polar surface area (TPSA) is 96.0 Å². The summed E-state index contributed by atoms with van der Waals surface area (Å²) in [6, 6.07) is 5.18. The minimum atomic E-state index is -0.663. The Bertz CT molecular complexity index is 351. The minimum absolute atomic E-state index is 0.101. The molecule has 0 aromatic heterocycles. The van der Waals surface area contributed by atoms with Gasteiger partial charge in [0.2, 0.25) is 0 Å². The molecule has 1 aromatic carbocycles. The summed E-state index contributed by atoms with van der Waals surface area (Å²) in [5, 5.41) is 10.3. The lowest BCUT2D eigenvalue weighted by molar-refractivity contribution is -0.384. The number of nitro groups is 1. The number of nitrogens with one attached hydrogen (secondary N) is 2. The largest absolute Gasteiger partial charge is 0.272 e. The Hall–Kier alpha value is -1.95. The van der Waals surface area contributed by atoms with Gasteiger partial charge < -0.3 is 0 Å². The van der Waals surface area contributed by atoms with Gasteiger partial charge in [0.05, 0.1) is 4.92 Å². The molecule has 0 saturated heterocycles. The zero-order chi connectivity index (χ0) is 9.84. The van der Waals surface area contributed by atoms with E-state index in [1.165, 1.54) is 18.2 Å². The lowest BCUT2D eigenvalue weighted by Crippen LogP contribution is -2.20. The number of hydrogen-bond acceptors (Lipinski definition) is 3. The molecule has 0 aliphatic heterocycles. The van der Waals surface area contributed by atoms with Crippen molar-refractivity contribution in [2.24, 2.45) is 0 Å². The molecule has 1 rings (SSSR count). The van der Waals surface area contributed by atoms with Crippen LogP contribution in [0.1, 0.15) is 10.4 Å². The smallest absolute Gasteiger partial charge is 0.270 e. The van der Waals surface area contributed by atoms with E-state index in [2.05, 4.69) is 0 Å². The zero-order valence-electron chi connectivity index (χ0n) is 6.48. The lowest BCUT2D eigenvalue weighted by atomic mass is 10.2. The summed E-state index contributed by atoms with van der Waals surface area (Å²) in [5.41, 5.74) is 1.57. The summed E-state index contributed by atoms with van der Waals surface area (Å²) in [7, 11) is 0. The molecule has 0 bridgehead atoms. The average Bonchev–Trinajstić information content (AvgIpc) is 2.17. The molecule has 0 unspecified atom stereocenters. The number of carbonyl (C=O) groups is 1. The highest BCUT2D eigenvalue weighted by atomic mass is 16.6. The maximum absolute atomic E-state index is 10.9. The van der Waals surface area contributed by atoms with Crippen molar-refractivity contribution in [3.05, 3.63) is 39.9 Å². The Balaban J connectivity index is 3.05. The van der Waals surface area contributed by atoms with Gasteiger partial charge in [-0.25, -0.2) is 0 Å². The predicted molar refractivity (Wildman–Crippen MR) is 43.7 cm³/mol. The molecule has 0 heterocycles. The van der Waals surface area contributed by atoms with Crippen molar-refractivity contribution in [1.29, 1.82) is 0 Å². The van der Waals surface area contributed by atoms with E-state index >= 15 is 0 Å². The van der Waals surface area contributed by atoms with E-state index in [-0.39, 0.29) is 11.3 Å². The Labute approximate surface area is 73.5 Å². The van der Waals surface area contributed by atoms with E-state index in [1.807, 2.05) is 0 Å². The molecule has 1 amide bonds. The van der Waals surface area contributed by atoms with Crippen molar-refractivity contribution in [2.45, 2.75) is 0 Å². The standard InChI is InChI=1S/C7H6N3O3/c8-9-7(11)5-2-1-3-6(4-5)10(12)13/h1-4,8H,(H,9,11). The highest BCUT2D eigenvalue weighted by molar-refractivity contribution is 5.94. The van der Waals surface area contributed by atoms with Gasteiger partial charge in [0.1, 0.15) is 0 Å². The van der Waals surface area contributed by atoms with Gasteiger partial charge in [-0.05, 0) is 6.07 Å². The third-order valence-corrected chi connectivity index (χ3v) is 1.43. The number of nitrogens with zero attached hydrogens (tertiary/aromatic N) is 1. The van der Waals surface area contributed by atoms with Gasteiger partial charge in [0.25, 0.3) is 11.6 Å². The van der Waals surface area contributed by atoms with Gasteiger partial charge >= 0.3 is 0 Å². The van der Waals surface area contributed by atoms with Crippen molar-refractivity contribution < 1.29 is 9.72 Å². The molecule has 0 saturated carbocycles. The number of rotatable bonds is 2. The van der Waals surface area contributed by atoms with Crippen molar-refractivity contribution >= 4 is 11.6 Å². The monoisotopic (exact) mass is 180 g/mol. The van der Waals surface area contributed by atoms with Crippen molar-refractivity contribution in [1.82, 2.24) is 11.3 Å². The fraction of sp³-hybridized carbons (Fsp3) is 0. The van der Waals surface area contributed by atoms with Crippen molar-refractivity contribution in [3.8, 4) is 0 Å². The van der Waals surface area contributed by atoms with E-state index in [9.17, 15) is 14.9 Å². The quantitative estimate of drug-likeness (QED) is 0.530. The van der Waals surface area contributed by atoms with Crippen LogP contribution in [0.2, 0.25) is 0 Å². The van der Waals surface area contributed by atoms with E-state index in [4.69, 9.17) is 5.84 Å². The van der Waals surface area contributed by atoms with Crippen LogP contribution in [-0.4, -0.2) is 10.8 Å². The average molecular weight is 180 g/mol. The van der Waals surface area contributed by atoms with Gasteiger partial charge in [-0.15, -0.1) is 0 Å². The number of nitro benzene ring substituents is 1. The molecule has 0 aliphatic carbocycles. The summed E-state index contributed by atoms with van der Waals surface area (Å²) in [4.78, 5) is 20.6. The first-order chi connectivity index (χ1) is 6.15. The van der Waals surface area contributed by atoms with Crippen LogP contribution < -0.4 is 11.3 Å². The maximum atomic E-state index is 10.9. The molecule has 1 aromatic rings. The lowest BCUT2D eigenvalue weighted by Gasteiger charge is -1.97. The maximum Gasteiger partial charge on any atom is 0.270 e. The third kappa shape index (κ3) is 2.00. The van der Waals surface area contributed by atoms with Crippen LogP contribution in [-0.2, 0) is 0 Å². The Morgan fingerprint density at radius 1 is 1.54 bits per heavy atom. The fourth-order valence-corrected chi connectivity index (χ4v) is 0.833. The first kappa shape index (κ1) is 9.14. The molecular weight excluding hydrogens is 174 g/mol. The van der Waals surface area contributed by atoms with Gasteiger partial charge in [-0.2, -0.15) is 5.84 Å². The molecule has 67 valence electrons. The van der Waals surface area contributed by atoms with Crippen LogP contribution in [0.5, 0.6) is 0 Å². The van der Waals surface area contributed by atoms with Crippen LogP contribution in [0, 0.1) is 10.1 Å². The zero-order valence-corrected chi connectivity index (χ0v) is 6.48. The van der Waals surface area contributed by atoms with Crippen molar-refractivity contribution in [2.75, 3.05) is 0 Å². The number of carbonyl (C=O) groups excluding carboxylic acids is 1. The summed E-state index contributed by atoms with van der Waals surface area (Å²) in [6.07, 6.45) is 0. The normalized spacial score (nSPS) is 9.31. The molecule has 0 fully saturated rings. The first-order valence-electron chi connectivity index (χ1n) is 3.36. The second kappa shape index (κ2) is 3.63. The van der Waals surface area contributed by atoms with E-state index in [1.54, 1.807) is 5.43 Å². The minimum Gasteiger partial charge on any atom is -0.272 e. The molecule has 6 nitrogen and oxygen atoms in total. The van der Waals surface area contributed by atoms with Gasteiger partial charge in [0.15, 0.2) is 0 Å². The molecule has 0 atom stereocenters. The number of hydrogen-bond donors (Lipinski definition) is 1. The van der Waals surface area contributed by atoms with Crippen LogP contribution in [0.3, 0.4) is 0 Å². The van der Waals surface area contributed by atoms with E-state index in [0.717, 1.165) is 6.07 Å². The van der Waals surface area contributed by atoms with Gasteiger partial charge in [-0.3, -0.25) is 20.3 Å². The highest BCUT2D eigenvalue weighted by Gasteiger charge is 2.09. The van der Waals surface area contributed by atoms with Gasteiger partial charge in [0, 0.05) is 17.7 Å². The van der Waals surface area contributed by atoms with Gasteiger partial charge in [-0.1, -0.05) is 6.07 Å². The molecular formula is C7H6N3O3. The second-order valence-corrected chi connectivity index (χ2v) is 2.26. The summed E-state index contributed by atoms with van der Waals surface area (Å²) in [6.45, 7) is 0. The fourth-order valence-electron chi connectivity index (χ4n) is 0.833. The molecule has 2 N–H and O–H groups in total. The Kier molecular flexibility index (Phi) is 2.56. The Morgan fingerprint density at radius 3 is 2.77 bits per heavy atom. The van der Waals surface area contributed by atoms with E-state index in [0.29, 0.717) is 0 Å².